The zero-order chi connectivity index (χ0) is 13.5. The molecule has 0 fully saturated rings. The first-order valence-corrected chi connectivity index (χ1v) is 7.95. The van der Waals surface area contributed by atoms with E-state index in [-0.39, 0.29) is 0 Å². The molecule has 0 N–H and O–H groups in total. The van der Waals surface area contributed by atoms with Crippen LogP contribution in [0.1, 0.15) is 26.5 Å². The Kier molecular flexibility index (Phi) is 7.11. The highest BCUT2D eigenvalue weighted by Crippen LogP contribution is 2.22. The van der Waals surface area contributed by atoms with E-state index in [1.807, 2.05) is 30.2 Å². The van der Waals surface area contributed by atoms with Crippen LogP contribution in [-0.4, -0.2) is 33.8 Å². The first-order chi connectivity index (χ1) is 8.56. The normalized spacial score (nSPS) is 11.2. The molecule has 0 unspecified atom stereocenters. The minimum absolute atomic E-state index is 0.485. The Balaban J connectivity index is 2.45. The largest absolute Gasteiger partial charge is 0.465 e. The van der Waals surface area contributed by atoms with Gasteiger partial charge in [-0.25, -0.2) is 0 Å². The van der Waals surface area contributed by atoms with Crippen LogP contribution in [0.4, 0.5) is 0 Å². The Morgan fingerprint density at radius 2 is 2.17 bits per heavy atom. The van der Waals surface area contributed by atoms with Crippen molar-refractivity contribution >= 4 is 27.7 Å². The predicted molar refractivity (Wildman–Crippen MR) is 79.4 cm³/mol. The highest BCUT2D eigenvalue weighted by molar-refractivity contribution is 9.10. The number of ether oxygens (including phenoxy) is 2. The number of rotatable bonds is 8. The smallest absolute Gasteiger partial charge is 0.299 e. The molecule has 104 valence electrons. The van der Waals surface area contributed by atoms with Crippen LogP contribution in [0.5, 0.6) is 6.01 Å². The Hall–Kier alpha value is -0.200. The summed E-state index contributed by atoms with van der Waals surface area (Å²) in [6.07, 6.45) is 0. The van der Waals surface area contributed by atoms with Crippen LogP contribution in [0, 0.1) is 6.92 Å². The van der Waals surface area contributed by atoms with Crippen molar-refractivity contribution < 1.29 is 9.47 Å². The number of thioether (sulfide) groups is 1. The predicted octanol–water partition coefficient (Wildman–Crippen LogP) is 3.47. The monoisotopic (exact) mass is 336 g/mol. The molecule has 1 heterocycles. The van der Waals surface area contributed by atoms with Crippen LogP contribution < -0.4 is 4.74 Å². The van der Waals surface area contributed by atoms with Crippen molar-refractivity contribution in [2.45, 2.75) is 39.7 Å². The standard InChI is InChI=1S/C12H21BrN2O2S/c1-5-17-12-14-11(13)10(4)15(12)8-16-6-7-18-9(2)3/h9H,5-8H2,1-4H3. The van der Waals surface area contributed by atoms with Crippen molar-refractivity contribution in [3.8, 4) is 6.01 Å². The van der Waals surface area contributed by atoms with E-state index >= 15 is 0 Å². The number of hydrogen-bond donors (Lipinski definition) is 0. The van der Waals surface area contributed by atoms with E-state index in [0.29, 0.717) is 24.6 Å². The van der Waals surface area contributed by atoms with E-state index in [4.69, 9.17) is 9.47 Å². The van der Waals surface area contributed by atoms with Gasteiger partial charge in [-0.3, -0.25) is 4.57 Å². The summed E-state index contributed by atoms with van der Waals surface area (Å²) in [5.41, 5.74) is 1.02. The van der Waals surface area contributed by atoms with Crippen LogP contribution in [0.15, 0.2) is 4.60 Å². The number of hydrogen-bond acceptors (Lipinski definition) is 4. The topological polar surface area (TPSA) is 36.3 Å². The summed E-state index contributed by atoms with van der Waals surface area (Å²) < 4.78 is 13.9. The van der Waals surface area contributed by atoms with Gasteiger partial charge in [-0.05, 0) is 35.0 Å². The lowest BCUT2D eigenvalue weighted by Crippen LogP contribution is -2.10. The molecular formula is C12H21BrN2O2S. The molecule has 0 radical (unpaired) electrons. The first-order valence-electron chi connectivity index (χ1n) is 6.11. The fourth-order valence-electron chi connectivity index (χ4n) is 1.37. The van der Waals surface area contributed by atoms with Crippen molar-refractivity contribution in [2.24, 2.45) is 0 Å². The number of imidazole rings is 1. The van der Waals surface area contributed by atoms with E-state index in [1.165, 1.54) is 0 Å². The van der Waals surface area contributed by atoms with Crippen LogP contribution in [0.2, 0.25) is 0 Å². The summed E-state index contributed by atoms with van der Waals surface area (Å²) in [5, 5.41) is 0.650. The molecule has 6 heteroatoms. The fourth-order valence-corrected chi connectivity index (χ4v) is 2.42. The highest BCUT2D eigenvalue weighted by atomic mass is 79.9. The molecule has 0 bridgehead atoms. The lowest BCUT2D eigenvalue weighted by Gasteiger charge is -2.11. The molecular weight excluding hydrogens is 316 g/mol. The molecule has 0 aromatic carbocycles. The maximum absolute atomic E-state index is 5.65. The highest BCUT2D eigenvalue weighted by Gasteiger charge is 2.12. The number of aromatic nitrogens is 2. The molecule has 0 atom stereocenters. The van der Waals surface area contributed by atoms with Crippen molar-refractivity contribution in [1.29, 1.82) is 0 Å². The molecule has 1 rings (SSSR count). The Labute approximate surface area is 122 Å². The maximum atomic E-state index is 5.65. The zero-order valence-corrected chi connectivity index (χ0v) is 13.8. The summed E-state index contributed by atoms with van der Waals surface area (Å²) in [4.78, 5) is 4.30. The average Bonchev–Trinajstić information content (AvgIpc) is 2.56. The maximum Gasteiger partial charge on any atom is 0.299 e. The minimum atomic E-state index is 0.485. The van der Waals surface area contributed by atoms with E-state index in [0.717, 1.165) is 22.7 Å². The molecule has 0 aliphatic rings. The Morgan fingerprint density at radius 3 is 2.78 bits per heavy atom. The average molecular weight is 337 g/mol. The fraction of sp³-hybridized carbons (Fsp3) is 0.750. The molecule has 0 spiro atoms. The molecule has 0 saturated heterocycles. The zero-order valence-electron chi connectivity index (χ0n) is 11.4. The van der Waals surface area contributed by atoms with Gasteiger partial charge in [-0.15, -0.1) is 0 Å². The van der Waals surface area contributed by atoms with Gasteiger partial charge in [-0.2, -0.15) is 16.7 Å². The van der Waals surface area contributed by atoms with E-state index < -0.39 is 0 Å². The summed E-state index contributed by atoms with van der Waals surface area (Å²) in [6, 6.07) is 0.610. The molecule has 18 heavy (non-hydrogen) atoms. The lowest BCUT2D eigenvalue weighted by molar-refractivity contribution is 0.0804. The van der Waals surface area contributed by atoms with Crippen molar-refractivity contribution in [1.82, 2.24) is 9.55 Å². The van der Waals surface area contributed by atoms with Crippen molar-refractivity contribution in [3.05, 3.63) is 10.3 Å². The second-order valence-corrected chi connectivity index (χ2v) is 6.52. The Bertz CT molecular complexity index is 369. The van der Waals surface area contributed by atoms with Gasteiger partial charge in [0.15, 0.2) is 0 Å². The lowest BCUT2D eigenvalue weighted by atomic mass is 10.5. The van der Waals surface area contributed by atoms with Crippen LogP contribution in [0.25, 0.3) is 0 Å². The molecule has 0 amide bonds. The van der Waals surface area contributed by atoms with Gasteiger partial charge in [-0.1, -0.05) is 13.8 Å². The SMILES string of the molecule is CCOc1nc(Br)c(C)n1COCCSC(C)C. The van der Waals surface area contributed by atoms with Crippen LogP contribution in [-0.2, 0) is 11.5 Å². The first kappa shape index (κ1) is 15.9. The molecule has 0 saturated carbocycles. The second-order valence-electron chi connectivity index (χ2n) is 4.09. The van der Waals surface area contributed by atoms with Crippen LogP contribution >= 0.6 is 27.7 Å². The van der Waals surface area contributed by atoms with Gasteiger partial charge < -0.3 is 9.47 Å². The van der Waals surface area contributed by atoms with Gasteiger partial charge in [0, 0.05) is 5.75 Å². The quantitative estimate of drug-likeness (QED) is 0.681. The molecule has 0 aliphatic heterocycles. The minimum Gasteiger partial charge on any atom is -0.465 e. The molecule has 1 aromatic heterocycles. The molecule has 4 nitrogen and oxygen atoms in total. The van der Waals surface area contributed by atoms with Gasteiger partial charge in [0.1, 0.15) is 11.3 Å². The summed E-state index contributed by atoms with van der Waals surface area (Å²) in [6.45, 7) is 10.1. The van der Waals surface area contributed by atoms with Crippen LogP contribution in [0.3, 0.4) is 0 Å². The third-order valence-electron chi connectivity index (χ3n) is 2.30. The van der Waals surface area contributed by atoms with E-state index in [2.05, 4.69) is 34.8 Å². The number of nitrogens with zero attached hydrogens (tertiary/aromatic N) is 2. The van der Waals surface area contributed by atoms with Gasteiger partial charge >= 0.3 is 0 Å². The van der Waals surface area contributed by atoms with Gasteiger partial charge in [0.25, 0.3) is 6.01 Å². The summed E-state index contributed by atoms with van der Waals surface area (Å²) in [5.74, 6) is 1.01. The van der Waals surface area contributed by atoms with Crippen molar-refractivity contribution in [2.75, 3.05) is 19.0 Å². The van der Waals surface area contributed by atoms with Crippen molar-refractivity contribution in [3.63, 3.8) is 0 Å². The molecule has 1 aromatic rings. The summed E-state index contributed by atoms with van der Waals surface area (Å²) >= 11 is 5.31. The Morgan fingerprint density at radius 1 is 1.44 bits per heavy atom. The number of halogens is 1. The van der Waals surface area contributed by atoms with E-state index in [9.17, 15) is 0 Å². The second kappa shape index (κ2) is 8.07. The van der Waals surface area contributed by atoms with Gasteiger partial charge in [0.2, 0.25) is 0 Å². The third kappa shape index (κ3) is 4.82. The van der Waals surface area contributed by atoms with Gasteiger partial charge in [0.05, 0.1) is 18.9 Å². The summed E-state index contributed by atoms with van der Waals surface area (Å²) in [7, 11) is 0. The molecule has 0 aliphatic carbocycles. The third-order valence-corrected chi connectivity index (χ3v) is 4.12. The van der Waals surface area contributed by atoms with E-state index in [1.54, 1.807) is 0 Å².